The number of ether oxygens (including phenoxy) is 1. The minimum Gasteiger partial charge on any atom is -0.507 e. The fourth-order valence-corrected chi connectivity index (χ4v) is 3.85. The summed E-state index contributed by atoms with van der Waals surface area (Å²) in [5, 5.41) is 22.0. The fourth-order valence-electron chi connectivity index (χ4n) is 3.85. The average molecular weight is 444 g/mol. The van der Waals surface area contributed by atoms with Crippen LogP contribution in [0.15, 0.2) is 84.4 Å². The number of hydrogen-bond donors (Lipinski definition) is 1. The van der Waals surface area contributed by atoms with Crippen LogP contribution in [0.2, 0.25) is 0 Å². The van der Waals surface area contributed by atoms with Crippen molar-refractivity contribution in [1.82, 2.24) is 4.90 Å². The summed E-state index contributed by atoms with van der Waals surface area (Å²) in [7, 11) is 1.53. The van der Waals surface area contributed by atoms with Gasteiger partial charge in [0.05, 0.1) is 23.6 Å². The minimum absolute atomic E-state index is 0.0741. The summed E-state index contributed by atoms with van der Waals surface area (Å²) in [5.74, 6) is -1.33. The van der Waals surface area contributed by atoms with Crippen molar-refractivity contribution in [2.75, 3.05) is 7.11 Å². The molecular formula is C25H20N2O6. The van der Waals surface area contributed by atoms with E-state index in [1.165, 1.54) is 36.3 Å². The predicted octanol–water partition coefficient (Wildman–Crippen LogP) is 4.23. The van der Waals surface area contributed by atoms with E-state index in [9.17, 15) is 24.8 Å². The third-order valence-corrected chi connectivity index (χ3v) is 5.52. The Labute approximate surface area is 189 Å². The zero-order valence-corrected chi connectivity index (χ0v) is 17.7. The molecule has 0 spiro atoms. The van der Waals surface area contributed by atoms with Gasteiger partial charge in [0.15, 0.2) is 0 Å². The van der Waals surface area contributed by atoms with Crippen LogP contribution in [0.4, 0.5) is 5.69 Å². The van der Waals surface area contributed by atoms with Gasteiger partial charge < -0.3 is 14.7 Å². The Bertz CT molecular complexity index is 1230. The van der Waals surface area contributed by atoms with E-state index in [1.807, 2.05) is 30.3 Å². The molecule has 166 valence electrons. The van der Waals surface area contributed by atoms with Crippen LogP contribution in [-0.2, 0) is 16.1 Å². The minimum atomic E-state index is -0.841. The van der Waals surface area contributed by atoms with Gasteiger partial charge >= 0.3 is 0 Å². The molecule has 0 radical (unpaired) electrons. The number of nitro groups is 1. The Kier molecular flexibility index (Phi) is 5.91. The molecular weight excluding hydrogens is 424 g/mol. The maximum absolute atomic E-state index is 13.1. The van der Waals surface area contributed by atoms with Crippen LogP contribution in [0.1, 0.15) is 22.7 Å². The monoisotopic (exact) mass is 444 g/mol. The molecule has 4 rings (SSSR count). The molecule has 1 heterocycles. The predicted molar refractivity (Wildman–Crippen MR) is 120 cm³/mol. The molecule has 33 heavy (non-hydrogen) atoms. The highest BCUT2D eigenvalue weighted by Crippen LogP contribution is 2.40. The molecule has 1 fully saturated rings. The first-order valence-electron chi connectivity index (χ1n) is 10.1. The second-order valence-corrected chi connectivity index (χ2v) is 7.49. The SMILES string of the molecule is COc1ccc(C2/C(=C(\O)c3ccc([N+](=O)[O-])cc3)C(=O)C(=O)N2Cc2ccccc2)cc1. The first-order valence-corrected chi connectivity index (χ1v) is 10.1. The fraction of sp³-hybridized carbons (Fsp3) is 0.120. The molecule has 1 aliphatic heterocycles. The molecule has 1 aliphatic rings. The number of rotatable bonds is 6. The van der Waals surface area contributed by atoms with Crippen molar-refractivity contribution in [3.05, 3.63) is 111 Å². The molecule has 0 saturated carbocycles. The number of Topliss-reactive ketones (excluding diaryl/α,β-unsaturated/α-hetero) is 1. The molecule has 1 saturated heterocycles. The van der Waals surface area contributed by atoms with Crippen LogP contribution in [0.5, 0.6) is 5.75 Å². The third kappa shape index (κ3) is 4.18. The number of aliphatic hydroxyl groups excluding tert-OH is 1. The smallest absolute Gasteiger partial charge is 0.295 e. The van der Waals surface area contributed by atoms with Crippen molar-refractivity contribution in [1.29, 1.82) is 0 Å². The van der Waals surface area contributed by atoms with Gasteiger partial charge in [-0.3, -0.25) is 19.7 Å². The standard InChI is InChI=1S/C25H20N2O6/c1-33-20-13-9-17(10-14-20)22-21(23(28)18-7-11-19(12-8-18)27(31)32)24(29)25(30)26(22)15-16-5-3-2-4-6-16/h2-14,22,28H,15H2,1H3/b23-21+. The number of amides is 1. The normalized spacial score (nSPS) is 17.2. The Morgan fingerprint density at radius 1 is 1.00 bits per heavy atom. The number of benzene rings is 3. The largest absolute Gasteiger partial charge is 0.507 e. The molecule has 3 aromatic rings. The summed E-state index contributed by atoms with van der Waals surface area (Å²) in [4.78, 5) is 37.9. The second-order valence-electron chi connectivity index (χ2n) is 7.49. The van der Waals surface area contributed by atoms with Crippen molar-refractivity contribution in [3.8, 4) is 5.75 Å². The summed E-state index contributed by atoms with van der Waals surface area (Å²) in [6.45, 7) is 0.166. The molecule has 1 N–H and O–H groups in total. The molecule has 3 aromatic carbocycles. The Hall–Kier alpha value is -4.46. The van der Waals surface area contributed by atoms with Gasteiger partial charge in [0.2, 0.25) is 0 Å². The van der Waals surface area contributed by atoms with Crippen LogP contribution >= 0.6 is 0 Å². The molecule has 0 bridgehead atoms. The third-order valence-electron chi connectivity index (χ3n) is 5.52. The van der Waals surface area contributed by atoms with Gasteiger partial charge in [-0.1, -0.05) is 42.5 Å². The number of carbonyl (C=O) groups is 2. The second kappa shape index (κ2) is 8.96. The summed E-state index contributed by atoms with van der Waals surface area (Å²) in [6.07, 6.45) is 0. The first-order chi connectivity index (χ1) is 15.9. The van der Waals surface area contributed by atoms with E-state index >= 15 is 0 Å². The lowest BCUT2D eigenvalue weighted by Crippen LogP contribution is -2.29. The Morgan fingerprint density at radius 2 is 1.64 bits per heavy atom. The summed E-state index contributed by atoms with van der Waals surface area (Å²) < 4.78 is 5.21. The molecule has 1 amide bonds. The first kappa shape index (κ1) is 21.8. The van der Waals surface area contributed by atoms with Crippen molar-refractivity contribution in [2.24, 2.45) is 0 Å². The molecule has 0 aliphatic carbocycles. The van der Waals surface area contributed by atoms with Crippen LogP contribution in [0.3, 0.4) is 0 Å². The van der Waals surface area contributed by atoms with Crippen LogP contribution in [0.25, 0.3) is 5.76 Å². The maximum Gasteiger partial charge on any atom is 0.295 e. The zero-order valence-electron chi connectivity index (χ0n) is 17.7. The summed E-state index contributed by atoms with van der Waals surface area (Å²) >= 11 is 0. The molecule has 1 atom stereocenters. The quantitative estimate of drug-likeness (QED) is 0.200. The average Bonchev–Trinajstić information content (AvgIpc) is 3.09. The van der Waals surface area contributed by atoms with E-state index in [2.05, 4.69) is 0 Å². The Balaban J connectivity index is 1.83. The van der Waals surface area contributed by atoms with Gasteiger partial charge in [0.1, 0.15) is 11.5 Å². The molecule has 8 nitrogen and oxygen atoms in total. The zero-order chi connectivity index (χ0) is 23.5. The molecule has 0 aromatic heterocycles. The van der Waals surface area contributed by atoms with E-state index in [4.69, 9.17) is 4.74 Å². The van der Waals surface area contributed by atoms with E-state index in [1.54, 1.807) is 24.3 Å². The van der Waals surface area contributed by atoms with Crippen molar-refractivity contribution < 1.29 is 24.4 Å². The van der Waals surface area contributed by atoms with Crippen molar-refractivity contribution >= 4 is 23.1 Å². The van der Waals surface area contributed by atoms with Crippen LogP contribution in [0, 0.1) is 10.1 Å². The number of methoxy groups -OCH3 is 1. The number of aliphatic hydroxyl groups is 1. The van der Waals surface area contributed by atoms with E-state index in [-0.39, 0.29) is 29.1 Å². The van der Waals surface area contributed by atoms with Gasteiger partial charge in [-0.15, -0.1) is 0 Å². The lowest BCUT2D eigenvalue weighted by molar-refractivity contribution is -0.384. The lowest BCUT2D eigenvalue weighted by atomic mass is 9.95. The van der Waals surface area contributed by atoms with Gasteiger partial charge in [0.25, 0.3) is 17.4 Å². The molecule has 8 heteroatoms. The highest BCUT2D eigenvalue weighted by molar-refractivity contribution is 6.46. The van der Waals surface area contributed by atoms with E-state index < -0.39 is 22.7 Å². The topological polar surface area (TPSA) is 110 Å². The maximum atomic E-state index is 13.1. The number of hydrogen-bond acceptors (Lipinski definition) is 6. The number of non-ortho nitro benzene ring substituents is 1. The highest BCUT2D eigenvalue weighted by Gasteiger charge is 2.46. The number of ketones is 1. The van der Waals surface area contributed by atoms with E-state index in [0.717, 1.165) is 5.56 Å². The van der Waals surface area contributed by atoms with Crippen LogP contribution in [-0.4, -0.2) is 33.7 Å². The van der Waals surface area contributed by atoms with E-state index in [0.29, 0.717) is 11.3 Å². The van der Waals surface area contributed by atoms with Gasteiger partial charge in [0, 0.05) is 24.2 Å². The number of carbonyl (C=O) groups excluding carboxylic acids is 2. The van der Waals surface area contributed by atoms with Crippen molar-refractivity contribution in [3.63, 3.8) is 0 Å². The number of likely N-dealkylation sites (tertiary alicyclic amines) is 1. The molecule has 1 unspecified atom stereocenters. The van der Waals surface area contributed by atoms with Crippen LogP contribution < -0.4 is 4.74 Å². The van der Waals surface area contributed by atoms with Gasteiger partial charge in [-0.05, 0) is 35.4 Å². The van der Waals surface area contributed by atoms with Gasteiger partial charge in [-0.2, -0.15) is 0 Å². The van der Waals surface area contributed by atoms with Gasteiger partial charge in [-0.25, -0.2) is 0 Å². The highest BCUT2D eigenvalue weighted by atomic mass is 16.6. The van der Waals surface area contributed by atoms with Crippen molar-refractivity contribution in [2.45, 2.75) is 12.6 Å². The number of nitro benzene ring substituents is 1. The Morgan fingerprint density at radius 3 is 2.21 bits per heavy atom. The number of nitrogens with zero attached hydrogens (tertiary/aromatic N) is 2. The summed E-state index contributed by atoms with van der Waals surface area (Å²) in [6, 6.07) is 20.4. The lowest BCUT2D eigenvalue weighted by Gasteiger charge is -2.25. The summed E-state index contributed by atoms with van der Waals surface area (Å²) in [5.41, 5.74) is 1.43.